The number of hydrogen-bond donors (Lipinski definition) is 2. The molecule has 2 rings (SSSR count). The molecule has 1 aliphatic rings. The highest BCUT2D eigenvalue weighted by Gasteiger charge is 2.26. The highest BCUT2D eigenvalue weighted by atomic mass is 19.1. The first-order valence-corrected chi connectivity index (χ1v) is 6.93. The third-order valence-corrected chi connectivity index (χ3v) is 3.82. The Labute approximate surface area is 113 Å². The smallest absolute Gasteiger partial charge is 0.124 e. The Morgan fingerprint density at radius 1 is 1.37 bits per heavy atom. The van der Waals surface area contributed by atoms with Crippen molar-refractivity contribution in [3.8, 4) is 5.75 Å². The second-order valence-corrected chi connectivity index (χ2v) is 5.20. The molecule has 1 aromatic carbocycles. The second kappa shape index (κ2) is 6.35. The highest BCUT2D eigenvalue weighted by molar-refractivity contribution is 5.36. The standard InChI is InChI=1S/C15H22FNO2/c1-10(17-2)12-9-11(16)7-8-14(12)19-15-6-4-3-5-13(15)18/h7-10,13,15,17-18H,3-6H2,1-2H3. The first-order chi connectivity index (χ1) is 9.11. The fourth-order valence-electron chi connectivity index (χ4n) is 2.50. The highest BCUT2D eigenvalue weighted by Crippen LogP contribution is 2.30. The minimum atomic E-state index is -0.420. The van der Waals surface area contributed by atoms with Gasteiger partial charge in [-0.05, 0) is 51.4 Å². The molecule has 0 aliphatic heterocycles. The fourth-order valence-corrected chi connectivity index (χ4v) is 2.50. The van der Waals surface area contributed by atoms with E-state index < -0.39 is 6.10 Å². The second-order valence-electron chi connectivity index (χ2n) is 5.20. The van der Waals surface area contributed by atoms with Crippen LogP contribution in [0.5, 0.6) is 5.75 Å². The van der Waals surface area contributed by atoms with E-state index >= 15 is 0 Å². The molecular formula is C15H22FNO2. The summed E-state index contributed by atoms with van der Waals surface area (Å²) in [6, 6.07) is 4.55. The van der Waals surface area contributed by atoms with Gasteiger partial charge in [0.1, 0.15) is 17.7 Å². The van der Waals surface area contributed by atoms with Gasteiger partial charge in [-0.3, -0.25) is 0 Å². The lowest BCUT2D eigenvalue weighted by Crippen LogP contribution is -2.35. The topological polar surface area (TPSA) is 41.5 Å². The van der Waals surface area contributed by atoms with E-state index in [1.165, 1.54) is 12.1 Å². The summed E-state index contributed by atoms with van der Waals surface area (Å²) < 4.78 is 19.3. The van der Waals surface area contributed by atoms with Gasteiger partial charge in [-0.2, -0.15) is 0 Å². The van der Waals surface area contributed by atoms with E-state index in [1.54, 1.807) is 6.07 Å². The molecule has 1 aliphatic carbocycles. The van der Waals surface area contributed by atoms with Crippen molar-refractivity contribution in [2.24, 2.45) is 0 Å². The Balaban J connectivity index is 2.18. The Bertz CT molecular complexity index is 425. The maximum absolute atomic E-state index is 13.4. The summed E-state index contributed by atoms with van der Waals surface area (Å²) in [6.45, 7) is 1.96. The molecule has 4 heteroatoms. The molecule has 1 aromatic rings. The molecule has 0 aromatic heterocycles. The first-order valence-electron chi connectivity index (χ1n) is 6.93. The minimum Gasteiger partial charge on any atom is -0.487 e. The number of nitrogens with one attached hydrogen (secondary N) is 1. The lowest BCUT2D eigenvalue weighted by atomic mass is 9.94. The van der Waals surface area contributed by atoms with E-state index in [0.717, 1.165) is 31.2 Å². The van der Waals surface area contributed by atoms with Gasteiger partial charge in [0, 0.05) is 11.6 Å². The Hall–Kier alpha value is -1.13. The summed E-state index contributed by atoms with van der Waals surface area (Å²) in [7, 11) is 1.83. The van der Waals surface area contributed by atoms with Gasteiger partial charge in [-0.25, -0.2) is 4.39 Å². The molecule has 0 bridgehead atoms. The van der Waals surface area contributed by atoms with Crippen molar-refractivity contribution >= 4 is 0 Å². The predicted octanol–water partition coefficient (Wildman–Crippen LogP) is 2.79. The number of aliphatic hydroxyl groups excluding tert-OH is 1. The van der Waals surface area contributed by atoms with Crippen LogP contribution in [0.15, 0.2) is 18.2 Å². The van der Waals surface area contributed by atoms with E-state index in [4.69, 9.17) is 4.74 Å². The molecule has 1 fully saturated rings. The van der Waals surface area contributed by atoms with Crippen molar-refractivity contribution in [3.05, 3.63) is 29.6 Å². The minimum absolute atomic E-state index is 0.00596. The van der Waals surface area contributed by atoms with Gasteiger partial charge in [0.05, 0.1) is 6.10 Å². The van der Waals surface area contributed by atoms with Crippen LogP contribution in [0.4, 0.5) is 4.39 Å². The van der Waals surface area contributed by atoms with E-state index in [-0.39, 0.29) is 18.0 Å². The zero-order valence-electron chi connectivity index (χ0n) is 11.5. The molecule has 0 heterocycles. The molecule has 3 atom stereocenters. The van der Waals surface area contributed by atoms with Crippen molar-refractivity contribution in [1.82, 2.24) is 5.32 Å². The van der Waals surface area contributed by atoms with E-state index in [0.29, 0.717) is 5.75 Å². The van der Waals surface area contributed by atoms with Crippen LogP contribution in [0.2, 0.25) is 0 Å². The van der Waals surface area contributed by atoms with Crippen molar-refractivity contribution in [2.45, 2.75) is 50.9 Å². The van der Waals surface area contributed by atoms with Crippen LogP contribution in [-0.4, -0.2) is 24.4 Å². The quantitative estimate of drug-likeness (QED) is 0.881. The van der Waals surface area contributed by atoms with Crippen LogP contribution in [0.25, 0.3) is 0 Å². The zero-order chi connectivity index (χ0) is 13.8. The summed E-state index contributed by atoms with van der Waals surface area (Å²) in [6.07, 6.45) is 3.15. The van der Waals surface area contributed by atoms with Gasteiger partial charge in [-0.1, -0.05) is 6.42 Å². The monoisotopic (exact) mass is 267 g/mol. The lowest BCUT2D eigenvalue weighted by Gasteiger charge is -2.29. The van der Waals surface area contributed by atoms with Crippen LogP contribution in [0.3, 0.4) is 0 Å². The Morgan fingerprint density at radius 2 is 2.11 bits per heavy atom. The van der Waals surface area contributed by atoms with Gasteiger partial charge in [0.25, 0.3) is 0 Å². The van der Waals surface area contributed by atoms with Crippen LogP contribution in [0, 0.1) is 5.82 Å². The average Bonchev–Trinajstić information content (AvgIpc) is 2.42. The van der Waals surface area contributed by atoms with Crippen molar-refractivity contribution in [1.29, 1.82) is 0 Å². The molecule has 106 valence electrons. The molecule has 1 saturated carbocycles. The largest absolute Gasteiger partial charge is 0.487 e. The molecule has 3 unspecified atom stereocenters. The van der Waals surface area contributed by atoms with Gasteiger partial charge < -0.3 is 15.2 Å². The molecule has 0 spiro atoms. The lowest BCUT2D eigenvalue weighted by molar-refractivity contribution is 0.00616. The van der Waals surface area contributed by atoms with Crippen LogP contribution in [0.1, 0.15) is 44.2 Å². The normalized spacial score (nSPS) is 25.1. The summed E-state index contributed by atoms with van der Waals surface area (Å²) in [5.74, 6) is 0.392. The maximum Gasteiger partial charge on any atom is 0.124 e. The Kier molecular flexibility index (Phi) is 4.77. The van der Waals surface area contributed by atoms with Gasteiger partial charge in [-0.15, -0.1) is 0 Å². The molecule has 3 nitrogen and oxygen atoms in total. The molecule has 0 saturated heterocycles. The van der Waals surface area contributed by atoms with Crippen LogP contribution < -0.4 is 10.1 Å². The zero-order valence-corrected chi connectivity index (χ0v) is 11.5. The van der Waals surface area contributed by atoms with Crippen molar-refractivity contribution < 1.29 is 14.2 Å². The number of aliphatic hydroxyl groups is 1. The maximum atomic E-state index is 13.4. The molecule has 19 heavy (non-hydrogen) atoms. The molecule has 0 radical (unpaired) electrons. The van der Waals surface area contributed by atoms with Crippen LogP contribution >= 0.6 is 0 Å². The van der Waals surface area contributed by atoms with E-state index in [2.05, 4.69) is 5.32 Å². The van der Waals surface area contributed by atoms with Gasteiger partial charge in [0.2, 0.25) is 0 Å². The van der Waals surface area contributed by atoms with Crippen molar-refractivity contribution in [3.63, 3.8) is 0 Å². The number of benzene rings is 1. The molecule has 0 amide bonds. The average molecular weight is 267 g/mol. The predicted molar refractivity (Wildman–Crippen MR) is 72.8 cm³/mol. The number of ether oxygens (including phenoxy) is 1. The first kappa shape index (κ1) is 14.3. The molecular weight excluding hydrogens is 245 g/mol. The summed E-state index contributed by atoms with van der Waals surface area (Å²) in [5, 5.41) is 13.0. The third-order valence-electron chi connectivity index (χ3n) is 3.82. The summed E-state index contributed by atoms with van der Waals surface area (Å²) in [5.41, 5.74) is 0.792. The number of hydrogen-bond acceptors (Lipinski definition) is 3. The Morgan fingerprint density at radius 3 is 2.79 bits per heavy atom. The molecule has 2 N–H and O–H groups in total. The SMILES string of the molecule is CNC(C)c1cc(F)ccc1OC1CCCCC1O. The summed E-state index contributed by atoms with van der Waals surface area (Å²) in [4.78, 5) is 0. The van der Waals surface area contributed by atoms with E-state index in [1.807, 2.05) is 14.0 Å². The number of halogens is 1. The summed E-state index contributed by atoms with van der Waals surface area (Å²) >= 11 is 0. The van der Waals surface area contributed by atoms with Gasteiger partial charge in [0.15, 0.2) is 0 Å². The van der Waals surface area contributed by atoms with Crippen molar-refractivity contribution in [2.75, 3.05) is 7.05 Å². The fraction of sp³-hybridized carbons (Fsp3) is 0.600. The number of rotatable bonds is 4. The van der Waals surface area contributed by atoms with Crippen LogP contribution in [-0.2, 0) is 0 Å². The van der Waals surface area contributed by atoms with Gasteiger partial charge >= 0.3 is 0 Å². The third kappa shape index (κ3) is 3.45. The van der Waals surface area contributed by atoms with E-state index in [9.17, 15) is 9.50 Å².